The summed E-state index contributed by atoms with van der Waals surface area (Å²) in [6.45, 7) is 0.979. The predicted molar refractivity (Wildman–Crippen MR) is 112 cm³/mol. The second kappa shape index (κ2) is 11.8. The Labute approximate surface area is 188 Å². The van der Waals surface area contributed by atoms with Gasteiger partial charge in [0, 0.05) is 12.7 Å². The number of aromatic nitrogens is 2. The van der Waals surface area contributed by atoms with Gasteiger partial charge in [-0.1, -0.05) is 0 Å². The van der Waals surface area contributed by atoms with Gasteiger partial charge < -0.3 is 10.1 Å². The van der Waals surface area contributed by atoms with E-state index in [1.165, 1.54) is 5.51 Å². The smallest absolute Gasteiger partial charge is 0.281 e. The van der Waals surface area contributed by atoms with E-state index in [9.17, 15) is 18.0 Å². The summed E-state index contributed by atoms with van der Waals surface area (Å²) in [7, 11) is 0. The number of carbonyl (C=O) groups excluding carboxylic acids is 1. The van der Waals surface area contributed by atoms with E-state index in [4.69, 9.17) is 10.00 Å². The van der Waals surface area contributed by atoms with Gasteiger partial charge in [0.25, 0.3) is 6.43 Å². The molecule has 1 N–H and O–H groups in total. The molecule has 1 aliphatic rings. The van der Waals surface area contributed by atoms with Gasteiger partial charge in [0.15, 0.2) is 0 Å². The molecule has 1 amide bonds. The molecule has 11 heteroatoms. The van der Waals surface area contributed by atoms with Crippen LogP contribution in [0, 0.1) is 17.2 Å². The molecule has 0 bridgehead atoms. The molecule has 0 radical (unpaired) electrons. The number of ether oxygens (including phenoxy) is 1. The van der Waals surface area contributed by atoms with Gasteiger partial charge in [-0.25, -0.2) is 18.7 Å². The number of alkyl halides is 3. The minimum atomic E-state index is -2.71. The maximum atomic E-state index is 13.4. The third-order valence-electron chi connectivity index (χ3n) is 5.38. The van der Waals surface area contributed by atoms with Gasteiger partial charge in [-0.2, -0.15) is 5.26 Å². The maximum absolute atomic E-state index is 13.4. The Morgan fingerprint density at radius 1 is 1.38 bits per heavy atom. The number of hydrogen-bond donors (Lipinski definition) is 1. The molecule has 0 aromatic carbocycles. The predicted octanol–water partition coefficient (Wildman–Crippen LogP) is 3.66. The molecular weight excluding hydrogens is 443 g/mol. The lowest BCUT2D eigenvalue weighted by molar-refractivity contribution is -0.121. The van der Waals surface area contributed by atoms with Gasteiger partial charge in [0.1, 0.15) is 17.3 Å². The van der Waals surface area contributed by atoms with Gasteiger partial charge in [-0.05, 0) is 44.0 Å². The average molecular weight is 468 g/mol. The van der Waals surface area contributed by atoms with Crippen LogP contribution in [-0.4, -0.2) is 53.7 Å². The van der Waals surface area contributed by atoms with Crippen molar-refractivity contribution in [1.29, 1.82) is 5.26 Å². The number of rotatable bonds is 10. The summed E-state index contributed by atoms with van der Waals surface area (Å²) >= 11 is 1.14. The van der Waals surface area contributed by atoms with Crippen LogP contribution in [0.2, 0.25) is 0 Å². The second-order valence-electron chi connectivity index (χ2n) is 7.42. The summed E-state index contributed by atoms with van der Waals surface area (Å²) in [5, 5.41) is 11.8. The first-order chi connectivity index (χ1) is 15.5. The molecule has 0 aliphatic carbocycles. The van der Waals surface area contributed by atoms with Crippen LogP contribution in [-0.2, 0) is 4.79 Å². The van der Waals surface area contributed by atoms with Crippen LogP contribution in [0.25, 0.3) is 0 Å². The number of nitrogens with zero attached hydrogens (tertiary/aromatic N) is 4. The zero-order chi connectivity index (χ0) is 22.9. The Morgan fingerprint density at radius 3 is 2.84 bits per heavy atom. The molecule has 172 valence electrons. The summed E-state index contributed by atoms with van der Waals surface area (Å²) in [5.41, 5.74) is 1.48. The largest absolute Gasteiger partial charge is 0.476 e. The maximum Gasteiger partial charge on any atom is 0.281 e. The van der Waals surface area contributed by atoms with Crippen LogP contribution in [0.5, 0.6) is 5.88 Å². The lowest BCUT2D eigenvalue weighted by atomic mass is 9.96. The fraction of sp³-hybridized carbons (Fsp3) is 0.524. The fourth-order valence-electron chi connectivity index (χ4n) is 3.67. The molecule has 7 nitrogen and oxygen atoms in total. The minimum Gasteiger partial charge on any atom is -0.476 e. The van der Waals surface area contributed by atoms with Crippen molar-refractivity contribution < 1.29 is 22.7 Å². The summed E-state index contributed by atoms with van der Waals surface area (Å²) in [5.74, 6) is 0.0716. The van der Waals surface area contributed by atoms with Gasteiger partial charge in [0.05, 0.1) is 36.1 Å². The first-order valence-electron chi connectivity index (χ1n) is 10.3. The van der Waals surface area contributed by atoms with Gasteiger partial charge in [0.2, 0.25) is 11.8 Å². The van der Waals surface area contributed by atoms with E-state index in [2.05, 4.69) is 15.3 Å². The van der Waals surface area contributed by atoms with Crippen molar-refractivity contribution in [1.82, 2.24) is 20.2 Å². The molecule has 1 atom stereocenters. The standard InChI is InChI=1S/C21H24F3N5O2S/c22-6-3-17(30)27-11-16(19-18(20(23)24)28-13-32-19)29-8-4-14(5-9-29)12-31-21-15(10-25)2-1-7-26-21/h1-2,7,13-14,16,20H,3-6,8-9,11-12H2,(H,27,30). The van der Waals surface area contributed by atoms with E-state index in [1.807, 2.05) is 11.0 Å². The summed E-state index contributed by atoms with van der Waals surface area (Å²) in [4.78, 5) is 22.1. The number of halogens is 3. The van der Waals surface area contributed by atoms with Crippen molar-refractivity contribution >= 4 is 17.2 Å². The van der Waals surface area contributed by atoms with Crippen LogP contribution >= 0.6 is 11.3 Å². The van der Waals surface area contributed by atoms with Gasteiger partial charge in [-0.15, -0.1) is 11.3 Å². The van der Waals surface area contributed by atoms with Crippen molar-refractivity contribution in [2.75, 3.05) is 32.9 Å². The lowest BCUT2D eigenvalue weighted by Gasteiger charge is -2.37. The average Bonchev–Trinajstić information content (AvgIpc) is 3.29. The van der Waals surface area contributed by atoms with Crippen LogP contribution in [0.3, 0.4) is 0 Å². The fourth-order valence-corrected chi connectivity index (χ4v) is 4.60. The highest BCUT2D eigenvalue weighted by atomic mass is 32.1. The molecular formula is C21H24F3N5O2S. The highest BCUT2D eigenvalue weighted by molar-refractivity contribution is 7.09. The minimum absolute atomic E-state index is 0.112. The highest BCUT2D eigenvalue weighted by Crippen LogP contribution is 2.35. The Balaban J connectivity index is 1.62. The topological polar surface area (TPSA) is 91.1 Å². The molecule has 0 saturated carbocycles. The normalized spacial score (nSPS) is 16.0. The number of thiazole rings is 1. The van der Waals surface area contributed by atoms with Crippen molar-refractivity contribution in [2.45, 2.75) is 31.7 Å². The molecule has 1 fully saturated rings. The first-order valence-corrected chi connectivity index (χ1v) is 11.2. The van der Waals surface area contributed by atoms with Crippen molar-refractivity contribution in [3.05, 3.63) is 40.0 Å². The van der Waals surface area contributed by atoms with Gasteiger partial charge >= 0.3 is 0 Å². The Morgan fingerprint density at radius 2 is 2.16 bits per heavy atom. The molecule has 32 heavy (non-hydrogen) atoms. The van der Waals surface area contributed by atoms with E-state index >= 15 is 0 Å². The van der Waals surface area contributed by atoms with E-state index < -0.39 is 25.0 Å². The van der Waals surface area contributed by atoms with Crippen molar-refractivity contribution in [2.24, 2.45) is 5.92 Å². The molecule has 1 saturated heterocycles. The molecule has 3 heterocycles. The molecule has 0 spiro atoms. The number of nitriles is 1. The molecule has 2 aromatic rings. The SMILES string of the molecule is N#Cc1cccnc1OCC1CCN(C(CNC(=O)CCF)c2scnc2C(F)F)CC1. The van der Waals surface area contributed by atoms with E-state index in [-0.39, 0.29) is 24.6 Å². The van der Waals surface area contributed by atoms with Crippen molar-refractivity contribution in [3.8, 4) is 11.9 Å². The summed E-state index contributed by atoms with van der Waals surface area (Å²) in [6, 6.07) is 4.90. The van der Waals surface area contributed by atoms with Crippen molar-refractivity contribution in [3.63, 3.8) is 0 Å². The van der Waals surface area contributed by atoms with E-state index in [0.29, 0.717) is 36.0 Å². The molecule has 3 rings (SSSR count). The van der Waals surface area contributed by atoms with Crippen LogP contribution < -0.4 is 10.1 Å². The molecule has 1 aliphatic heterocycles. The highest BCUT2D eigenvalue weighted by Gasteiger charge is 2.31. The summed E-state index contributed by atoms with van der Waals surface area (Å²) < 4.78 is 45.1. The Hall–Kier alpha value is -2.71. The number of pyridine rings is 1. The van der Waals surface area contributed by atoms with Crippen LogP contribution in [0.4, 0.5) is 13.2 Å². The zero-order valence-electron chi connectivity index (χ0n) is 17.3. The number of carbonyl (C=O) groups is 1. The number of piperidine rings is 1. The van der Waals surface area contributed by atoms with E-state index in [1.54, 1.807) is 18.3 Å². The van der Waals surface area contributed by atoms with Gasteiger partial charge in [-0.3, -0.25) is 14.1 Å². The Kier molecular flexibility index (Phi) is 8.81. The number of likely N-dealkylation sites (tertiary alicyclic amines) is 1. The quantitative estimate of drug-likeness (QED) is 0.574. The number of amides is 1. The second-order valence-corrected chi connectivity index (χ2v) is 8.31. The number of nitrogens with one attached hydrogen (secondary N) is 1. The number of hydrogen-bond acceptors (Lipinski definition) is 7. The summed E-state index contributed by atoms with van der Waals surface area (Å²) in [6.07, 6.45) is 0.114. The zero-order valence-corrected chi connectivity index (χ0v) is 18.2. The van der Waals surface area contributed by atoms with E-state index in [0.717, 1.165) is 24.2 Å². The third kappa shape index (κ3) is 6.17. The van der Waals surface area contributed by atoms with Crippen LogP contribution in [0.1, 0.15) is 47.9 Å². The molecule has 1 unspecified atom stereocenters. The van der Waals surface area contributed by atoms with Crippen LogP contribution in [0.15, 0.2) is 23.8 Å². The lowest BCUT2D eigenvalue weighted by Crippen LogP contribution is -2.43. The monoisotopic (exact) mass is 467 g/mol. The Bertz CT molecular complexity index is 928. The first kappa shape index (κ1) is 23.9. The third-order valence-corrected chi connectivity index (χ3v) is 6.33. The molecule has 2 aromatic heterocycles.